The molecule has 0 aliphatic carbocycles. The molecule has 0 bridgehead atoms. The molecule has 6 N–H and O–H groups in total. The number of carboxylic acid groups (broad SMARTS) is 2. The van der Waals surface area contributed by atoms with Crippen molar-refractivity contribution >= 4 is 11.9 Å². The van der Waals surface area contributed by atoms with Crippen LogP contribution >= 0.6 is 0 Å². The maximum Gasteiger partial charge on any atom is 0.320 e. The van der Waals surface area contributed by atoms with Crippen LogP contribution in [0.25, 0.3) is 0 Å². The molecule has 0 aromatic carbocycles. The van der Waals surface area contributed by atoms with Crippen LogP contribution in [0.5, 0.6) is 0 Å². The van der Waals surface area contributed by atoms with Crippen molar-refractivity contribution in [3.8, 4) is 0 Å². The van der Waals surface area contributed by atoms with Crippen LogP contribution in [0, 0.1) is 0 Å². The third kappa shape index (κ3) is 13.4. The first kappa shape index (κ1) is 15.3. The first-order valence-corrected chi connectivity index (χ1v) is 4.27. The molecular weight excluding hydrogens is 188 g/mol. The summed E-state index contributed by atoms with van der Waals surface area (Å²) < 4.78 is 0. The van der Waals surface area contributed by atoms with Gasteiger partial charge in [0.15, 0.2) is 0 Å². The van der Waals surface area contributed by atoms with Gasteiger partial charge in [-0.15, -0.1) is 0 Å². The summed E-state index contributed by atoms with van der Waals surface area (Å²) in [6.45, 7) is 3.40. The van der Waals surface area contributed by atoms with Crippen LogP contribution in [0.2, 0.25) is 0 Å². The van der Waals surface area contributed by atoms with E-state index in [1.807, 2.05) is 0 Å². The van der Waals surface area contributed by atoms with E-state index < -0.39 is 18.0 Å². The second-order valence-electron chi connectivity index (χ2n) is 2.93. The highest BCUT2D eigenvalue weighted by Crippen LogP contribution is 1.82. The Labute approximate surface area is 82.9 Å². The van der Waals surface area contributed by atoms with Crippen molar-refractivity contribution in [3.63, 3.8) is 0 Å². The molecule has 84 valence electrons. The van der Waals surface area contributed by atoms with Crippen molar-refractivity contribution in [2.75, 3.05) is 0 Å². The Kier molecular flexibility index (Phi) is 9.27. The van der Waals surface area contributed by atoms with Gasteiger partial charge in [-0.2, -0.15) is 0 Å². The molecule has 14 heavy (non-hydrogen) atoms. The highest BCUT2D eigenvalue weighted by molar-refractivity contribution is 5.72. The highest BCUT2D eigenvalue weighted by Gasteiger charge is 2.05. The van der Waals surface area contributed by atoms with E-state index in [4.69, 9.17) is 21.7 Å². The van der Waals surface area contributed by atoms with Crippen LogP contribution in [-0.2, 0) is 9.59 Å². The predicted molar refractivity (Wildman–Crippen MR) is 51.8 cm³/mol. The standard InChI is InChI=1S/2C4H9NO2/c1-3(5)2-4(6)7;1-2-3(5)4(6)7/h2*3H,2,5H2,1H3,(H,6,7). The Morgan fingerprint density at radius 3 is 1.71 bits per heavy atom. The average Bonchev–Trinajstić information content (AvgIpc) is 2.01. The molecule has 0 aromatic heterocycles. The minimum atomic E-state index is -0.928. The summed E-state index contributed by atoms with van der Waals surface area (Å²) in [5.41, 5.74) is 10.1. The zero-order valence-electron chi connectivity index (χ0n) is 8.43. The molecule has 0 radical (unpaired) electrons. The van der Waals surface area contributed by atoms with E-state index in [-0.39, 0.29) is 12.5 Å². The van der Waals surface area contributed by atoms with Crippen LogP contribution in [-0.4, -0.2) is 34.2 Å². The molecule has 0 heterocycles. The number of aliphatic carboxylic acids is 2. The summed E-state index contributed by atoms with van der Waals surface area (Å²) in [7, 11) is 0. The maximum atomic E-state index is 9.81. The van der Waals surface area contributed by atoms with Gasteiger partial charge in [-0.3, -0.25) is 9.59 Å². The van der Waals surface area contributed by atoms with Crippen LogP contribution in [0.3, 0.4) is 0 Å². The number of carboxylic acids is 2. The van der Waals surface area contributed by atoms with Gasteiger partial charge in [0.1, 0.15) is 6.04 Å². The fourth-order valence-electron chi connectivity index (χ4n) is 0.450. The minimum Gasteiger partial charge on any atom is -0.481 e. The summed E-state index contributed by atoms with van der Waals surface area (Å²) in [5.74, 6) is -1.77. The van der Waals surface area contributed by atoms with Crippen molar-refractivity contribution in [3.05, 3.63) is 0 Å². The zero-order valence-corrected chi connectivity index (χ0v) is 8.43. The number of nitrogens with two attached hydrogens (primary N) is 2. The molecule has 0 aromatic rings. The van der Waals surface area contributed by atoms with Crippen molar-refractivity contribution in [1.82, 2.24) is 0 Å². The highest BCUT2D eigenvalue weighted by atomic mass is 16.4. The lowest BCUT2D eigenvalue weighted by Gasteiger charge is -1.97. The molecule has 0 fully saturated rings. The molecule has 0 amide bonds. The number of hydrogen-bond acceptors (Lipinski definition) is 4. The van der Waals surface area contributed by atoms with Crippen molar-refractivity contribution in [1.29, 1.82) is 0 Å². The van der Waals surface area contributed by atoms with E-state index in [1.54, 1.807) is 13.8 Å². The maximum absolute atomic E-state index is 9.81. The summed E-state index contributed by atoms with van der Waals surface area (Å²) in [5, 5.41) is 16.1. The van der Waals surface area contributed by atoms with Crippen molar-refractivity contribution < 1.29 is 19.8 Å². The van der Waals surface area contributed by atoms with E-state index in [1.165, 1.54) is 0 Å². The lowest BCUT2D eigenvalue weighted by Crippen LogP contribution is -2.28. The summed E-state index contributed by atoms with van der Waals surface area (Å²) in [4.78, 5) is 19.5. The Bertz CT molecular complexity index is 182. The summed E-state index contributed by atoms with van der Waals surface area (Å²) in [6.07, 6.45) is 0.551. The second kappa shape index (κ2) is 8.46. The van der Waals surface area contributed by atoms with Gasteiger partial charge in [0, 0.05) is 6.04 Å². The van der Waals surface area contributed by atoms with Gasteiger partial charge < -0.3 is 21.7 Å². The molecule has 0 saturated heterocycles. The largest absolute Gasteiger partial charge is 0.481 e. The third-order valence-corrected chi connectivity index (χ3v) is 1.25. The van der Waals surface area contributed by atoms with E-state index in [0.29, 0.717) is 6.42 Å². The van der Waals surface area contributed by atoms with Gasteiger partial charge >= 0.3 is 11.9 Å². The van der Waals surface area contributed by atoms with Gasteiger partial charge in [-0.1, -0.05) is 6.92 Å². The normalized spacial score (nSPS) is 13.4. The summed E-state index contributed by atoms with van der Waals surface area (Å²) >= 11 is 0. The molecule has 6 nitrogen and oxygen atoms in total. The number of hydrogen-bond donors (Lipinski definition) is 4. The van der Waals surface area contributed by atoms with Crippen molar-refractivity contribution in [2.45, 2.75) is 38.8 Å². The second-order valence-corrected chi connectivity index (χ2v) is 2.93. The zero-order chi connectivity index (χ0) is 11.7. The first-order valence-electron chi connectivity index (χ1n) is 4.27. The van der Waals surface area contributed by atoms with Crippen LogP contribution in [0.15, 0.2) is 0 Å². The lowest BCUT2D eigenvalue weighted by atomic mass is 10.2. The lowest BCUT2D eigenvalue weighted by molar-refractivity contribution is -0.139. The molecule has 0 saturated carbocycles. The molecule has 0 spiro atoms. The third-order valence-electron chi connectivity index (χ3n) is 1.25. The van der Waals surface area contributed by atoms with E-state index in [0.717, 1.165) is 0 Å². The van der Waals surface area contributed by atoms with E-state index in [2.05, 4.69) is 0 Å². The quantitative estimate of drug-likeness (QED) is 0.496. The van der Waals surface area contributed by atoms with Crippen LogP contribution < -0.4 is 11.5 Å². The molecule has 6 heteroatoms. The molecule has 0 aliphatic rings. The molecule has 0 aliphatic heterocycles. The fraction of sp³-hybridized carbons (Fsp3) is 0.750. The number of carbonyl (C=O) groups is 2. The van der Waals surface area contributed by atoms with E-state index in [9.17, 15) is 9.59 Å². The van der Waals surface area contributed by atoms with Crippen LogP contribution in [0.1, 0.15) is 26.7 Å². The van der Waals surface area contributed by atoms with Gasteiger partial charge in [0.05, 0.1) is 6.42 Å². The topological polar surface area (TPSA) is 127 Å². The molecule has 2 unspecified atom stereocenters. The van der Waals surface area contributed by atoms with Gasteiger partial charge in [0.2, 0.25) is 0 Å². The Morgan fingerprint density at radius 1 is 1.29 bits per heavy atom. The first-order chi connectivity index (χ1) is 6.31. The molecule has 2 atom stereocenters. The van der Waals surface area contributed by atoms with Crippen LogP contribution in [0.4, 0.5) is 0 Å². The smallest absolute Gasteiger partial charge is 0.320 e. The minimum absolute atomic E-state index is 0.0556. The van der Waals surface area contributed by atoms with Gasteiger partial charge in [0.25, 0.3) is 0 Å². The average molecular weight is 206 g/mol. The molecular formula is C8H18N2O4. The summed E-state index contributed by atoms with van der Waals surface area (Å²) in [6, 6.07) is -0.905. The Hall–Kier alpha value is -1.14. The Balaban J connectivity index is 0. The van der Waals surface area contributed by atoms with E-state index >= 15 is 0 Å². The molecule has 0 rings (SSSR count). The van der Waals surface area contributed by atoms with Gasteiger partial charge in [-0.05, 0) is 13.3 Å². The Morgan fingerprint density at radius 2 is 1.71 bits per heavy atom. The fourth-order valence-corrected chi connectivity index (χ4v) is 0.450. The monoisotopic (exact) mass is 206 g/mol. The predicted octanol–water partition coefficient (Wildman–Crippen LogP) is -0.383. The van der Waals surface area contributed by atoms with Gasteiger partial charge in [-0.25, -0.2) is 0 Å². The van der Waals surface area contributed by atoms with Crippen molar-refractivity contribution in [2.24, 2.45) is 11.5 Å². The number of rotatable bonds is 4. The SMILES string of the molecule is CC(N)CC(=O)O.CCC(N)C(=O)O.